The summed E-state index contributed by atoms with van der Waals surface area (Å²) in [5.41, 5.74) is 1.90. The zero-order valence-corrected chi connectivity index (χ0v) is 21.0. The average molecular weight is 501 g/mol. The van der Waals surface area contributed by atoms with E-state index in [1.165, 1.54) is 6.08 Å². The summed E-state index contributed by atoms with van der Waals surface area (Å²) in [5, 5.41) is 4.99. The van der Waals surface area contributed by atoms with Crippen LogP contribution >= 0.6 is 23.2 Å². The maximum absolute atomic E-state index is 12.2. The molecule has 2 heterocycles. The first-order chi connectivity index (χ1) is 16.2. The lowest BCUT2D eigenvalue weighted by molar-refractivity contribution is -0.128. The molecule has 0 saturated carbocycles. The van der Waals surface area contributed by atoms with E-state index >= 15 is 0 Å². The van der Waals surface area contributed by atoms with Crippen LogP contribution in [-0.4, -0.2) is 53.1 Å². The van der Waals surface area contributed by atoms with Gasteiger partial charge in [-0.2, -0.15) is 0 Å². The summed E-state index contributed by atoms with van der Waals surface area (Å²) in [6.07, 6.45) is 3.88. The molecule has 0 aliphatic carbocycles. The Morgan fingerprint density at radius 2 is 1.88 bits per heavy atom. The van der Waals surface area contributed by atoms with Crippen molar-refractivity contribution in [3.63, 3.8) is 0 Å². The number of carbonyl (C=O) groups is 1. The van der Waals surface area contributed by atoms with Crippen molar-refractivity contribution in [3.8, 4) is 22.6 Å². The Labute approximate surface area is 208 Å². The minimum absolute atomic E-state index is 0.0393. The molecule has 4 rings (SSSR count). The molecule has 0 radical (unpaired) electrons. The van der Waals surface area contributed by atoms with Crippen LogP contribution in [0, 0.1) is 0 Å². The monoisotopic (exact) mass is 500 g/mol. The first kappa shape index (κ1) is 24.1. The number of hydrogen-bond acceptors (Lipinski definition) is 6. The Hall–Kier alpha value is -3.03. The van der Waals surface area contributed by atoms with Gasteiger partial charge in [-0.1, -0.05) is 35.8 Å². The number of amides is 1. The summed E-state index contributed by atoms with van der Waals surface area (Å²) in [4.78, 5) is 23.2. The molecule has 0 unspecified atom stereocenters. The molecule has 2 aromatic carbocycles. The third-order valence-electron chi connectivity index (χ3n) is 6.10. The van der Waals surface area contributed by atoms with E-state index in [2.05, 4.69) is 21.9 Å². The minimum Gasteiger partial charge on any atom is -0.495 e. The molecular weight excluding hydrogens is 475 g/mol. The van der Waals surface area contributed by atoms with Gasteiger partial charge in [0.05, 0.1) is 29.8 Å². The van der Waals surface area contributed by atoms with E-state index in [0.717, 1.165) is 22.9 Å². The van der Waals surface area contributed by atoms with Crippen LogP contribution in [0.1, 0.15) is 20.3 Å². The maximum Gasteiger partial charge on any atom is 0.246 e. The number of benzene rings is 2. The second-order valence-electron chi connectivity index (χ2n) is 8.76. The standard InChI is InChI=1S/C25H26Cl2N4O3/c1-6-20(32)31-13-16(11-25(31,2)3)29-24-28-12-15-9-14(7-8-17(15)30-24)21-22(26)18(33-4)10-19(34-5)23(21)27/h6-10,12,16H,1,11,13H2,2-5H3,(H,28,29,30)/t16-/m1/s1. The highest BCUT2D eigenvalue weighted by Gasteiger charge is 2.40. The highest BCUT2D eigenvalue weighted by molar-refractivity contribution is 6.41. The van der Waals surface area contributed by atoms with Crippen molar-refractivity contribution >= 4 is 46.0 Å². The smallest absolute Gasteiger partial charge is 0.246 e. The van der Waals surface area contributed by atoms with Gasteiger partial charge in [-0.25, -0.2) is 9.97 Å². The number of likely N-dealkylation sites (tertiary alicyclic amines) is 1. The molecule has 1 N–H and O–H groups in total. The lowest BCUT2D eigenvalue weighted by Gasteiger charge is -2.30. The highest BCUT2D eigenvalue weighted by atomic mass is 35.5. The number of nitrogens with zero attached hydrogens (tertiary/aromatic N) is 3. The first-order valence-corrected chi connectivity index (χ1v) is 11.5. The zero-order valence-electron chi connectivity index (χ0n) is 19.5. The van der Waals surface area contributed by atoms with Crippen LogP contribution < -0.4 is 14.8 Å². The maximum atomic E-state index is 12.2. The van der Waals surface area contributed by atoms with Gasteiger partial charge in [0.15, 0.2) is 0 Å². The third kappa shape index (κ3) is 4.38. The van der Waals surface area contributed by atoms with Gasteiger partial charge in [0.25, 0.3) is 0 Å². The van der Waals surface area contributed by atoms with E-state index in [0.29, 0.717) is 39.6 Å². The van der Waals surface area contributed by atoms with Crippen LogP contribution in [0.4, 0.5) is 5.95 Å². The van der Waals surface area contributed by atoms with Gasteiger partial charge < -0.3 is 19.7 Å². The second-order valence-corrected chi connectivity index (χ2v) is 9.52. The van der Waals surface area contributed by atoms with Gasteiger partial charge in [0, 0.05) is 41.3 Å². The van der Waals surface area contributed by atoms with E-state index < -0.39 is 0 Å². The fourth-order valence-electron chi connectivity index (χ4n) is 4.42. The fourth-order valence-corrected chi connectivity index (χ4v) is 5.14. The van der Waals surface area contributed by atoms with E-state index in [1.54, 1.807) is 26.5 Å². The summed E-state index contributed by atoms with van der Waals surface area (Å²) in [6.45, 7) is 8.26. The molecule has 1 atom stereocenters. The van der Waals surface area contributed by atoms with Gasteiger partial charge in [0.1, 0.15) is 11.5 Å². The number of halogens is 2. The van der Waals surface area contributed by atoms with Crippen LogP contribution in [0.2, 0.25) is 10.0 Å². The third-order valence-corrected chi connectivity index (χ3v) is 6.85. The van der Waals surface area contributed by atoms with Crippen LogP contribution in [0.5, 0.6) is 11.5 Å². The minimum atomic E-state index is -0.273. The van der Waals surface area contributed by atoms with Crippen molar-refractivity contribution in [3.05, 3.63) is 53.2 Å². The Bertz CT molecular complexity index is 1250. The number of hydrogen-bond donors (Lipinski definition) is 1. The normalized spacial score (nSPS) is 17.0. The Morgan fingerprint density at radius 3 is 2.50 bits per heavy atom. The molecule has 0 spiro atoms. The van der Waals surface area contributed by atoms with E-state index in [1.807, 2.05) is 36.9 Å². The number of aromatic nitrogens is 2. The van der Waals surface area contributed by atoms with Crippen LogP contribution in [0.3, 0.4) is 0 Å². The van der Waals surface area contributed by atoms with Crippen molar-refractivity contribution in [1.29, 1.82) is 0 Å². The van der Waals surface area contributed by atoms with Crippen molar-refractivity contribution in [2.45, 2.75) is 31.8 Å². The molecular formula is C25H26Cl2N4O3. The second kappa shape index (κ2) is 9.31. The van der Waals surface area contributed by atoms with E-state index in [4.69, 9.17) is 32.7 Å². The van der Waals surface area contributed by atoms with E-state index in [-0.39, 0.29) is 17.5 Å². The molecule has 1 saturated heterocycles. The topological polar surface area (TPSA) is 76.6 Å². The van der Waals surface area contributed by atoms with Gasteiger partial charge in [-0.3, -0.25) is 4.79 Å². The molecule has 0 bridgehead atoms. The number of fused-ring (bicyclic) bond motifs is 1. The summed E-state index contributed by atoms with van der Waals surface area (Å²) in [6, 6.07) is 7.41. The predicted octanol–water partition coefficient (Wildman–Crippen LogP) is 5.60. The molecule has 7 nitrogen and oxygen atoms in total. The fraction of sp³-hybridized carbons (Fsp3) is 0.320. The molecule has 1 fully saturated rings. The lowest BCUT2D eigenvalue weighted by atomic mass is 10.0. The van der Waals surface area contributed by atoms with Crippen molar-refractivity contribution < 1.29 is 14.3 Å². The van der Waals surface area contributed by atoms with Crippen molar-refractivity contribution in [2.24, 2.45) is 0 Å². The van der Waals surface area contributed by atoms with Gasteiger partial charge in [0.2, 0.25) is 11.9 Å². The lowest BCUT2D eigenvalue weighted by Crippen LogP contribution is -2.41. The first-order valence-electron chi connectivity index (χ1n) is 10.8. The zero-order chi connectivity index (χ0) is 24.6. The molecule has 1 amide bonds. The van der Waals surface area contributed by atoms with Crippen LogP contribution in [-0.2, 0) is 4.79 Å². The average Bonchev–Trinajstić information content (AvgIpc) is 3.12. The van der Waals surface area contributed by atoms with Gasteiger partial charge in [-0.15, -0.1) is 0 Å². The SMILES string of the molecule is C=CC(=O)N1C[C@H](Nc2ncc3cc(-c4c(Cl)c(OC)cc(OC)c4Cl)ccc3n2)CC1(C)C. The van der Waals surface area contributed by atoms with Crippen molar-refractivity contribution in [2.75, 3.05) is 26.1 Å². The number of nitrogens with one attached hydrogen (secondary N) is 1. The Balaban J connectivity index is 1.63. The Morgan fingerprint density at radius 1 is 1.21 bits per heavy atom. The molecule has 178 valence electrons. The molecule has 1 aliphatic heterocycles. The summed E-state index contributed by atoms with van der Waals surface area (Å²) < 4.78 is 10.8. The summed E-state index contributed by atoms with van der Waals surface area (Å²) >= 11 is 13.2. The number of methoxy groups -OCH3 is 2. The van der Waals surface area contributed by atoms with Crippen molar-refractivity contribution in [1.82, 2.24) is 14.9 Å². The van der Waals surface area contributed by atoms with Gasteiger partial charge >= 0.3 is 0 Å². The number of ether oxygens (including phenoxy) is 2. The largest absolute Gasteiger partial charge is 0.495 e. The van der Waals surface area contributed by atoms with E-state index in [9.17, 15) is 4.79 Å². The highest BCUT2D eigenvalue weighted by Crippen LogP contribution is 2.46. The summed E-state index contributed by atoms with van der Waals surface area (Å²) in [5.74, 6) is 1.37. The van der Waals surface area contributed by atoms with Crippen LogP contribution in [0.15, 0.2) is 43.1 Å². The summed E-state index contributed by atoms with van der Waals surface area (Å²) in [7, 11) is 3.08. The number of carbonyl (C=O) groups excluding carboxylic acids is 1. The quantitative estimate of drug-likeness (QED) is 0.444. The molecule has 34 heavy (non-hydrogen) atoms. The number of anilines is 1. The van der Waals surface area contributed by atoms with Gasteiger partial charge in [-0.05, 0) is 44.0 Å². The Kier molecular flexibility index (Phi) is 6.60. The van der Waals surface area contributed by atoms with Crippen LogP contribution in [0.25, 0.3) is 22.0 Å². The predicted molar refractivity (Wildman–Crippen MR) is 136 cm³/mol. The molecule has 1 aliphatic rings. The molecule has 1 aromatic heterocycles. The molecule has 9 heteroatoms. The molecule has 3 aromatic rings. The number of rotatable bonds is 6.